The number of allylic oxidation sites excluding steroid dienone is 1. The minimum absolute atomic E-state index is 0.253. The molecule has 1 atom stereocenters. The molecule has 82 valence electrons. The quantitative estimate of drug-likeness (QED) is 0.635. The minimum atomic E-state index is -1.33. The molecule has 0 aromatic carbocycles. The highest BCUT2D eigenvalue weighted by Crippen LogP contribution is 2.13. The molecule has 0 spiro atoms. The third-order valence-electron chi connectivity index (χ3n) is 1.98. The van der Waals surface area contributed by atoms with Crippen LogP contribution in [0.4, 0.5) is 0 Å². The van der Waals surface area contributed by atoms with Gasteiger partial charge < -0.3 is 10.4 Å². The Hall–Kier alpha value is -1.83. The number of aliphatic carboxylic acids is 1. The van der Waals surface area contributed by atoms with Crippen LogP contribution in [0, 0.1) is 11.3 Å². The van der Waals surface area contributed by atoms with Crippen LogP contribution in [-0.4, -0.2) is 22.5 Å². The smallest absolute Gasteiger partial charge is 0.329 e. The summed E-state index contributed by atoms with van der Waals surface area (Å²) in [5.41, 5.74) is -1.33. The molecule has 5 heteroatoms. The Morgan fingerprint density at radius 1 is 1.67 bits per heavy atom. The summed E-state index contributed by atoms with van der Waals surface area (Å²) < 4.78 is 0. The lowest BCUT2D eigenvalue weighted by atomic mass is 9.95. The average Bonchev–Trinajstić information content (AvgIpc) is 2.14. The first-order valence-corrected chi connectivity index (χ1v) is 4.48. The molecule has 0 bridgehead atoms. The van der Waals surface area contributed by atoms with Gasteiger partial charge in [0.2, 0.25) is 5.91 Å². The number of carboxylic acid groups (broad SMARTS) is 1. The van der Waals surface area contributed by atoms with Crippen molar-refractivity contribution in [3.05, 3.63) is 12.7 Å². The van der Waals surface area contributed by atoms with Gasteiger partial charge in [0.05, 0.1) is 6.07 Å². The summed E-state index contributed by atoms with van der Waals surface area (Å²) in [6.45, 7) is 4.89. The van der Waals surface area contributed by atoms with Gasteiger partial charge in [0.15, 0.2) is 0 Å². The van der Waals surface area contributed by atoms with Crippen molar-refractivity contribution in [3.8, 4) is 6.07 Å². The molecule has 5 nitrogen and oxygen atoms in total. The van der Waals surface area contributed by atoms with Crippen molar-refractivity contribution in [1.82, 2.24) is 5.32 Å². The number of amides is 1. The summed E-state index contributed by atoms with van der Waals surface area (Å²) in [6, 6.07) is 1.66. The van der Waals surface area contributed by atoms with Gasteiger partial charge in [-0.25, -0.2) is 4.79 Å². The van der Waals surface area contributed by atoms with Gasteiger partial charge in [-0.1, -0.05) is 6.08 Å². The van der Waals surface area contributed by atoms with E-state index in [0.29, 0.717) is 6.42 Å². The Morgan fingerprint density at radius 2 is 2.27 bits per heavy atom. The molecule has 0 radical (unpaired) electrons. The zero-order chi connectivity index (χ0) is 11.9. The van der Waals surface area contributed by atoms with Crippen LogP contribution in [0.25, 0.3) is 0 Å². The van der Waals surface area contributed by atoms with E-state index in [2.05, 4.69) is 11.9 Å². The van der Waals surface area contributed by atoms with E-state index in [-0.39, 0.29) is 12.8 Å². The van der Waals surface area contributed by atoms with E-state index in [4.69, 9.17) is 10.4 Å². The molecule has 1 amide bonds. The molecule has 0 aliphatic heterocycles. The van der Waals surface area contributed by atoms with E-state index in [1.54, 1.807) is 12.1 Å². The first-order chi connectivity index (χ1) is 6.96. The lowest BCUT2D eigenvalue weighted by Crippen LogP contribution is -2.52. The van der Waals surface area contributed by atoms with Gasteiger partial charge >= 0.3 is 5.97 Å². The summed E-state index contributed by atoms with van der Waals surface area (Å²) in [6.07, 6.45) is 1.98. The Kier molecular flexibility index (Phi) is 5.10. The number of carbonyl (C=O) groups excluding carboxylic acids is 1. The fourth-order valence-electron chi connectivity index (χ4n) is 1.04. The summed E-state index contributed by atoms with van der Waals surface area (Å²) >= 11 is 0. The van der Waals surface area contributed by atoms with Crippen molar-refractivity contribution >= 4 is 11.9 Å². The van der Waals surface area contributed by atoms with Crippen molar-refractivity contribution in [2.24, 2.45) is 0 Å². The second kappa shape index (κ2) is 5.81. The molecule has 1 unspecified atom stereocenters. The van der Waals surface area contributed by atoms with E-state index in [1.165, 1.54) is 6.92 Å². The number of rotatable bonds is 6. The van der Waals surface area contributed by atoms with E-state index < -0.39 is 17.4 Å². The Labute approximate surface area is 88.4 Å². The van der Waals surface area contributed by atoms with E-state index in [0.717, 1.165) is 0 Å². The van der Waals surface area contributed by atoms with Crippen molar-refractivity contribution < 1.29 is 14.7 Å². The van der Waals surface area contributed by atoms with Crippen LogP contribution >= 0.6 is 0 Å². The summed E-state index contributed by atoms with van der Waals surface area (Å²) in [5, 5.41) is 19.5. The topological polar surface area (TPSA) is 90.2 Å². The van der Waals surface area contributed by atoms with E-state index >= 15 is 0 Å². The first-order valence-electron chi connectivity index (χ1n) is 4.48. The van der Waals surface area contributed by atoms with E-state index in [1.807, 2.05) is 0 Å². The molecule has 0 rings (SSSR count). The molecular formula is C10H14N2O3. The van der Waals surface area contributed by atoms with Crippen LogP contribution in [0.2, 0.25) is 0 Å². The molecule has 0 aromatic heterocycles. The van der Waals surface area contributed by atoms with Crippen molar-refractivity contribution in [2.75, 3.05) is 0 Å². The number of nitrogens with zero attached hydrogens (tertiary/aromatic N) is 1. The van der Waals surface area contributed by atoms with Gasteiger partial charge in [0.25, 0.3) is 0 Å². The second-order valence-electron chi connectivity index (χ2n) is 3.35. The van der Waals surface area contributed by atoms with Crippen LogP contribution in [0.15, 0.2) is 12.7 Å². The second-order valence-corrected chi connectivity index (χ2v) is 3.35. The van der Waals surface area contributed by atoms with Crippen LogP contribution in [0.5, 0.6) is 0 Å². The van der Waals surface area contributed by atoms with Gasteiger partial charge in [0, 0.05) is 0 Å². The Bertz CT molecular complexity index is 306. The third kappa shape index (κ3) is 4.27. The van der Waals surface area contributed by atoms with Crippen molar-refractivity contribution in [1.29, 1.82) is 5.26 Å². The standard InChI is InChI=1S/C10H14N2O3/c1-3-4-6-10(2,9(14)15)12-8(13)5-7-11/h3H,1,4-6H2,2H3,(H,12,13)(H,14,15). The third-order valence-corrected chi connectivity index (χ3v) is 1.98. The molecule has 15 heavy (non-hydrogen) atoms. The fraction of sp³-hybridized carbons (Fsp3) is 0.500. The minimum Gasteiger partial charge on any atom is -0.480 e. The molecule has 0 aliphatic carbocycles. The maximum atomic E-state index is 11.1. The van der Waals surface area contributed by atoms with Gasteiger partial charge in [-0.05, 0) is 19.8 Å². The number of carboxylic acids is 1. The van der Waals surface area contributed by atoms with Crippen LogP contribution in [-0.2, 0) is 9.59 Å². The number of nitrogens with one attached hydrogen (secondary N) is 1. The van der Waals surface area contributed by atoms with E-state index in [9.17, 15) is 9.59 Å². The zero-order valence-corrected chi connectivity index (χ0v) is 8.62. The molecule has 0 aromatic rings. The highest BCUT2D eigenvalue weighted by atomic mass is 16.4. The predicted octanol–water partition coefficient (Wildman–Crippen LogP) is 0.826. The van der Waals surface area contributed by atoms with Crippen molar-refractivity contribution in [3.63, 3.8) is 0 Å². The molecule has 0 fully saturated rings. The largest absolute Gasteiger partial charge is 0.480 e. The molecule has 0 saturated carbocycles. The zero-order valence-electron chi connectivity index (χ0n) is 8.62. The first kappa shape index (κ1) is 13.2. The van der Waals surface area contributed by atoms with Crippen molar-refractivity contribution in [2.45, 2.75) is 31.7 Å². The molecule has 0 saturated heterocycles. The molecule has 2 N–H and O–H groups in total. The molecular weight excluding hydrogens is 196 g/mol. The SMILES string of the molecule is C=CCCC(C)(NC(=O)CC#N)C(=O)O. The summed E-state index contributed by atoms with van der Waals surface area (Å²) in [7, 11) is 0. The molecule has 0 heterocycles. The van der Waals surface area contributed by atoms with Crippen LogP contribution in [0.1, 0.15) is 26.2 Å². The number of nitriles is 1. The fourth-order valence-corrected chi connectivity index (χ4v) is 1.04. The summed E-state index contributed by atoms with van der Waals surface area (Å²) in [5.74, 6) is -1.69. The summed E-state index contributed by atoms with van der Waals surface area (Å²) in [4.78, 5) is 22.0. The lowest BCUT2D eigenvalue weighted by molar-refractivity contribution is -0.147. The monoisotopic (exact) mass is 210 g/mol. The van der Waals surface area contributed by atoms with Gasteiger partial charge in [0.1, 0.15) is 12.0 Å². The van der Waals surface area contributed by atoms with Gasteiger partial charge in [-0.15, -0.1) is 6.58 Å². The Balaban J connectivity index is 4.51. The van der Waals surface area contributed by atoms with Crippen LogP contribution < -0.4 is 5.32 Å². The predicted molar refractivity (Wildman–Crippen MR) is 53.8 cm³/mol. The van der Waals surface area contributed by atoms with Gasteiger partial charge in [-0.2, -0.15) is 5.26 Å². The number of carbonyl (C=O) groups is 2. The Morgan fingerprint density at radius 3 is 2.67 bits per heavy atom. The maximum absolute atomic E-state index is 11.1. The number of hydrogen-bond donors (Lipinski definition) is 2. The highest BCUT2D eigenvalue weighted by molar-refractivity contribution is 5.87. The van der Waals surface area contributed by atoms with Gasteiger partial charge in [-0.3, -0.25) is 4.79 Å². The average molecular weight is 210 g/mol. The highest BCUT2D eigenvalue weighted by Gasteiger charge is 2.33. The molecule has 0 aliphatic rings. The normalized spacial score (nSPS) is 13.3. The lowest BCUT2D eigenvalue weighted by Gasteiger charge is -2.25. The number of hydrogen-bond acceptors (Lipinski definition) is 3. The maximum Gasteiger partial charge on any atom is 0.329 e. The van der Waals surface area contributed by atoms with Crippen LogP contribution in [0.3, 0.4) is 0 Å².